The second-order valence-corrected chi connectivity index (χ2v) is 11.4. The fourth-order valence-corrected chi connectivity index (χ4v) is 5.62. The summed E-state index contributed by atoms with van der Waals surface area (Å²) in [6.45, 7) is 2.23. The molecule has 0 saturated heterocycles. The quantitative estimate of drug-likeness (QED) is 0.322. The first-order valence-corrected chi connectivity index (χ1v) is 14.1. The lowest BCUT2D eigenvalue weighted by atomic mass is 10.1. The summed E-state index contributed by atoms with van der Waals surface area (Å²) >= 11 is 0. The van der Waals surface area contributed by atoms with Crippen molar-refractivity contribution in [1.29, 1.82) is 0 Å². The van der Waals surface area contributed by atoms with E-state index in [0.717, 1.165) is 19.1 Å². The molecule has 1 atom stereocenters. The molecule has 5 rings (SSSR count). The normalized spacial score (nSPS) is 14.6. The van der Waals surface area contributed by atoms with E-state index in [1.807, 2.05) is 6.92 Å². The Morgan fingerprint density at radius 3 is 2.54 bits per heavy atom. The van der Waals surface area contributed by atoms with Gasteiger partial charge in [0.05, 0.1) is 31.0 Å². The van der Waals surface area contributed by atoms with Gasteiger partial charge in [-0.25, -0.2) is 22.6 Å². The summed E-state index contributed by atoms with van der Waals surface area (Å²) in [4.78, 5) is 18.5. The number of fused-ring (bicyclic) bond motifs is 1. The zero-order chi connectivity index (χ0) is 26.3. The molecule has 0 unspecified atom stereocenters. The number of benzene rings is 2. The van der Waals surface area contributed by atoms with Crippen LogP contribution in [0.3, 0.4) is 0 Å². The molecule has 1 aliphatic rings. The first kappa shape index (κ1) is 25.0. The molecule has 0 amide bonds. The van der Waals surface area contributed by atoms with Gasteiger partial charge in [0.1, 0.15) is 15.7 Å². The van der Waals surface area contributed by atoms with Gasteiger partial charge in [-0.05, 0) is 49.6 Å². The lowest BCUT2D eigenvalue weighted by Gasteiger charge is -2.20. The SMILES string of the molecule is CCOc1cc([C@H](CS(C)(=O)=O)n2c(=O)n(C3CC3)c3cc(-c4ccccc4F)cnc32)ccc1OC. The third-order valence-corrected chi connectivity index (χ3v) is 7.41. The highest BCUT2D eigenvalue weighted by atomic mass is 32.2. The monoisotopic (exact) mass is 525 g/mol. The number of rotatable bonds is 9. The maximum atomic E-state index is 14.5. The minimum atomic E-state index is -3.52. The molecule has 2 aromatic carbocycles. The molecule has 2 heterocycles. The number of hydrogen-bond acceptors (Lipinski definition) is 6. The summed E-state index contributed by atoms with van der Waals surface area (Å²) in [7, 11) is -1.99. The maximum Gasteiger partial charge on any atom is 0.331 e. The van der Waals surface area contributed by atoms with Gasteiger partial charge in [-0.1, -0.05) is 24.3 Å². The zero-order valence-corrected chi connectivity index (χ0v) is 21.7. The first-order valence-electron chi connectivity index (χ1n) is 12.1. The van der Waals surface area contributed by atoms with Crippen molar-refractivity contribution < 1.29 is 22.3 Å². The Balaban J connectivity index is 1.75. The van der Waals surface area contributed by atoms with Crippen LogP contribution >= 0.6 is 0 Å². The molecule has 1 aliphatic carbocycles. The van der Waals surface area contributed by atoms with Crippen LogP contribution in [0.25, 0.3) is 22.3 Å². The van der Waals surface area contributed by atoms with Crippen molar-refractivity contribution in [2.45, 2.75) is 31.8 Å². The van der Waals surface area contributed by atoms with Gasteiger partial charge >= 0.3 is 5.69 Å². The number of pyridine rings is 1. The fourth-order valence-electron chi connectivity index (χ4n) is 4.70. The van der Waals surface area contributed by atoms with Crippen molar-refractivity contribution in [3.63, 3.8) is 0 Å². The van der Waals surface area contributed by atoms with E-state index >= 15 is 0 Å². The van der Waals surface area contributed by atoms with Crippen molar-refractivity contribution in [1.82, 2.24) is 14.1 Å². The summed E-state index contributed by atoms with van der Waals surface area (Å²) < 4.78 is 53.9. The van der Waals surface area contributed by atoms with Crippen LogP contribution in [0.1, 0.15) is 37.4 Å². The summed E-state index contributed by atoms with van der Waals surface area (Å²) in [5.41, 5.74) is 2.04. The molecular weight excluding hydrogens is 497 g/mol. The van der Waals surface area contributed by atoms with E-state index in [9.17, 15) is 17.6 Å². The van der Waals surface area contributed by atoms with Crippen LogP contribution in [0.15, 0.2) is 59.5 Å². The second-order valence-electron chi connectivity index (χ2n) is 9.25. The van der Waals surface area contributed by atoms with E-state index in [4.69, 9.17) is 9.47 Å². The Hall–Kier alpha value is -3.66. The fraction of sp³-hybridized carbons (Fsp3) is 0.333. The molecule has 0 radical (unpaired) electrons. The van der Waals surface area contributed by atoms with E-state index in [0.29, 0.717) is 46.0 Å². The van der Waals surface area contributed by atoms with Gasteiger partial charge in [-0.15, -0.1) is 0 Å². The molecule has 0 spiro atoms. The number of aromatic nitrogens is 3. The highest BCUT2D eigenvalue weighted by Crippen LogP contribution is 2.38. The molecule has 8 nitrogen and oxygen atoms in total. The third kappa shape index (κ3) is 4.85. The van der Waals surface area contributed by atoms with Gasteiger partial charge in [0.25, 0.3) is 0 Å². The summed E-state index contributed by atoms with van der Waals surface area (Å²) in [5, 5.41) is 0. The average molecular weight is 526 g/mol. The van der Waals surface area contributed by atoms with E-state index < -0.39 is 15.9 Å². The van der Waals surface area contributed by atoms with Gasteiger partial charge in [0, 0.05) is 29.6 Å². The lowest BCUT2D eigenvalue weighted by Crippen LogP contribution is -2.31. The van der Waals surface area contributed by atoms with Crippen LogP contribution < -0.4 is 15.2 Å². The topological polar surface area (TPSA) is 92.4 Å². The standard InChI is InChI=1S/C27H28FN3O5S/c1-4-36-25-14-17(9-12-24(25)35-2)23(16-37(3,33)34)31-26-22(30(27(31)32)19-10-11-19)13-18(15-29-26)20-7-5-6-8-21(20)28/h5-9,12-15,19,23H,4,10-11,16H2,1-3H3/t23-/m0/s1. The van der Waals surface area contributed by atoms with Crippen molar-refractivity contribution >= 4 is 21.0 Å². The van der Waals surface area contributed by atoms with Crippen LogP contribution in [0.5, 0.6) is 11.5 Å². The van der Waals surface area contributed by atoms with Gasteiger partial charge in [0.15, 0.2) is 17.1 Å². The van der Waals surface area contributed by atoms with Crippen molar-refractivity contribution in [2.24, 2.45) is 0 Å². The molecule has 0 aliphatic heterocycles. The highest BCUT2D eigenvalue weighted by Gasteiger charge is 2.33. The van der Waals surface area contributed by atoms with Crippen LogP contribution in [-0.4, -0.2) is 48.3 Å². The number of nitrogens with zero attached hydrogens (tertiary/aromatic N) is 3. The van der Waals surface area contributed by atoms with Gasteiger partial charge in [-0.2, -0.15) is 0 Å². The van der Waals surface area contributed by atoms with Gasteiger partial charge in [0.2, 0.25) is 0 Å². The smallest absolute Gasteiger partial charge is 0.331 e. The van der Waals surface area contributed by atoms with Gasteiger partial charge < -0.3 is 9.47 Å². The van der Waals surface area contributed by atoms with Crippen molar-refractivity contribution in [3.8, 4) is 22.6 Å². The van der Waals surface area contributed by atoms with Gasteiger partial charge in [-0.3, -0.25) is 9.13 Å². The minimum Gasteiger partial charge on any atom is -0.493 e. The average Bonchev–Trinajstić information content (AvgIpc) is 3.65. The Bertz CT molecular complexity index is 1640. The summed E-state index contributed by atoms with van der Waals surface area (Å²) in [6, 6.07) is 12.4. The molecule has 37 heavy (non-hydrogen) atoms. The van der Waals surface area contributed by atoms with Crippen LogP contribution in [0.2, 0.25) is 0 Å². The zero-order valence-electron chi connectivity index (χ0n) is 20.8. The van der Waals surface area contributed by atoms with Crippen LogP contribution in [0, 0.1) is 5.82 Å². The Morgan fingerprint density at radius 1 is 1.14 bits per heavy atom. The number of ether oxygens (including phenoxy) is 2. The highest BCUT2D eigenvalue weighted by molar-refractivity contribution is 7.90. The largest absolute Gasteiger partial charge is 0.493 e. The second kappa shape index (κ2) is 9.66. The Kier molecular flexibility index (Phi) is 6.53. The molecule has 0 N–H and O–H groups in total. The number of halogens is 1. The molecule has 1 saturated carbocycles. The lowest BCUT2D eigenvalue weighted by molar-refractivity contribution is 0.310. The molecule has 10 heteroatoms. The van der Waals surface area contributed by atoms with Crippen molar-refractivity contribution in [2.75, 3.05) is 25.7 Å². The van der Waals surface area contributed by atoms with Crippen LogP contribution in [0.4, 0.5) is 4.39 Å². The third-order valence-electron chi connectivity index (χ3n) is 6.49. The maximum absolute atomic E-state index is 14.5. The molecule has 2 aromatic heterocycles. The van der Waals surface area contributed by atoms with E-state index in [1.165, 1.54) is 23.9 Å². The van der Waals surface area contributed by atoms with E-state index in [-0.39, 0.29) is 23.3 Å². The predicted octanol–water partition coefficient (Wildman–Crippen LogP) is 4.38. The van der Waals surface area contributed by atoms with Crippen LogP contribution in [-0.2, 0) is 9.84 Å². The molecule has 194 valence electrons. The minimum absolute atomic E-state index is 0.0114. The number of sulfone groups is 1. The Labute approximate surface area is 214 Å². The Morgan fingerprint density at radius 2 is 1.89 bits per heavy atom. The molecule has 4 aromatic rings. The predicted molar refractivity (Wildman–Crippen MR) is 140 cm³/mol. The molecular formula is C27H28FN3O5S. The number of imidazole rings is 1. The van der Waals surface area contributed by atoms with E-state index in [2.05, 4.69) is 4.98 Å². The molecule has 1 fully saturated rings. The summed E-state index contributed by atoms with van der Waals surface area (Å²) in [6.07, 6.45) is 4.32. The number of hydrogen-bond donors (Lipinski definition) is 0. The summed E-state index contributed by atoms with van der Waals surface area (Å²) in [5.74, 6) is 0.254. The number of methoxy groups -OCH3 is 1. The first-order chi connectivity index (χ1) is 17.7. The van der Waals surface area contributed by atoms with Crippen molar-refractivity contribution in [3.05, 3.63) is 76.6 Å². The molecule has 0 bridgehead atoms. The van der Waals surface area contributed by atoms with E-state index in [1.54, 1.807) is 47.0 Å².